The van der Waals surface area contributed by atoms with Crippen molar-refractivity contribution in [3.63, 3.8) is 0 Å². The number of benzene rings is 1. The molecule has 0 aromatic heterocycles. The number of amides is 2. The summed E-state index contributed by atoms with van der Waals surface area (Å²) in [5.74, 6) is -0.212. The summed E-state index contributed by atoms with van der Waals surface area (Å²) in [4.78, 5) is 31.1. The van der Waals surface area contributed by atoms with Crippen molar-refractivity contribution in [3.05, 3.63) is 35.9 Å². The van der Waals surface area contributed by atoms with Gasteiger partial charge in [0.1, 0.15) is 6.61 Å². The number of carbonyl (C=O) groups is 2. The van der Waals surface area contributed by atoms with E-state index in [9.17, 15) is 9.59 Å². The van der Waals surface area contributed by atoms with Gasteiger partial charge in [0, 0.05) is 20.1 Å². The number of nitrogens with zero attached hydrogens (tertiary/aromatic N) is 2. The Bertz CT molecular complexity index is 535. The highest BCUT2D eigenvalue weighted by Crippen LogP contribution is 2.28. The molecule has 6 heteroatoms. The number of rotatable bonds is 5. The van der Waals surface area contributed by atoms with Crippen LogP contribution in [0.15, 0.2) is 30.3 Å². The number of hydrogen-bond donors (Lipinski definition) is 0. The molecule has 1 aromatic rings. The summed E-state index contributed by atoms with van der Waals surface area (Å²) in [5, 5.41) is 1.23. The molecule has 1 aromatic carbocycles. The standard InChI is InChI=1S/C17H24N2O4/c1-4-14-10-19(11-15(14)16(20)18(2)22-3)17(21)23-12-13-8-6-5-7-9-13/h5-9,14-15H,4,10-12H2,1-3H3/t14-,15+/m1/s1. The summed E-state index contributed by atoms with van der Waals surface area (Å²) in [5.41, 5.74) is 0.943. The molecule has 0 aliphatic carbocycles. The highest BCUT2D eigenvalue weighted by atomic mass is 16.7. The second kappa shape index (κ2) is 7.97. The van der Waals surface area contributed by atoms with Gasteiger partial charge in [0.05, 0.1) is 13.0 Å². The van der Waals surface area contributed by atoms with E-state index in [2.05, 4.69) is 0 Å². The van der Waals surface area contributed by atoms with E-state index in [-0.39, 0.29) is 30.4 Å². The minimum absolute atomic E-state index is 0.0993. The van der Waals surface area contributed by atoms with E-state index in [1.54, 1.807) is 11.9 Å². The van der Waals surface area contributed by atoms with Gasteiger partial charge in [-0.15, -0.1) is 0 Å². The summed E-state index contributed by atoms with van der Waals surface area (Å²) in [6.07, 6.45) is 0.457. The van der Waals surface area contributed by atoms with Crippen LogP contribution < -0.4 is 0 Å². The van der Waals surface area contributed by atoms with E-state index in [1.807, 2.05) is 37.3 Å². The molecule has 2 rings (SSSR count). The van der Waals surface area contributed by atoms with Crippen molar-refractivity contribution in [3.8, 4) is 0 Å². The molecule has 23 heavy (non-hydrogen) atoms. The van der Waals surface area contributed by atoms with Crippen molar-refractivity contribution >= 4 is 12.0 Å². The number of likely N-dealkylation sites (tertiary alicyclic amines) is 1. The Morgan fingerprint density at radius 2 is 1.96 bits per heavy atom. The Labute approximate surface area is 136 Å². The zero-order valence-electron chi connectivity index (χ0n) is 13.9. The van der Waals surface area contributed by atoms with Crippen LogP contribution in [0.4, 0.5) is 4.79 Å². The summed E-state index contributed by atoms with van der Waals surface area (Å²) < 4.78 is 5.35. The summed E-state index contributed by atoms with van der Waals surface area (Å²) in [7, 11) is 3.05. The summed E-state index contributed by atoms with van der Waals surface area (Å²) in [6.45, 7) is 3.18. The molecular formula is C17H24N2O4. The molecule has 1 heterocycles. The first-order valence-corrected chi connectivity index (χ1v) is 7.84. The van der Waals surface area contributed by atoms with E-state index < -0.39 is 0 Å². The van der Waals surface area contributed by atoms with Gasteiger partial charge in [-0.05, 0) is 11.5 Å². The Kier molecular flexibility index (Phi) is 5.98. The van der Waals surface area contributed by atoms with Crippen molar-refractivity contribution in [2.45, 2.75) is 20.0 Å². The Hall–Kier alpha value is -2.08. The molecule has 1 fully saturated rings. The van der Waals surface area contributed by atoms with Gasteiger partial charge in [0.25, 0.3) is 5.91 Å². The maximum atomic E-state index is 12.3. The van der Waals surface area contributed by atoms with Gasteiger partial charge in [-0.3, -0.25) is 9.63 Å². The molecule has 6 nitrogen and oxygen atoms in total. The number of hydroxylamine groups is 2. The Balaban J connectivity index is 1.93. The normalized spacial score (nSPS) is 20.4. The molecule has 2 amide bonds. The van der Waals surface area contributed by atoms with Gasteiger partial charge >= 0.3 is 6.09 Å². The van der Waals surface area contributed by atoms with E-state index in [4.69, 9.17) is 9.57 Å². The largest absolute Gasteiger partial charge is 0.445 e. The predicted molar refractivity (Wildman–Crippen MR) is 85.3 cm³/mol. The molecule has 126 valence electrons. The van der Waals surface area contributed by atoms with Crippen LogP contribution in [0.2, 0.25) is 0 Å². The molecule has 1 aliphatic heterocycles. The summed E-state index contributed by atoms with van der Waals surface area (Å²) in [6, 6.07) is 9.54. The van der Waals surface area contributed by atoms with Crippen LogP contribution in [0, 0.1) is 11.8 Å². The van der Waals surface area contributed by atoms with E-state index in [0.29, 0.717) is 13.1 Å². The maximum absolute atomic E-state index is 12.3. The second-order valence-electron chi connectivity index (χ2n) is 5.74. The van der Waals surface area contributed by atoms with E-state index >= 15 is 0 Å². The van der Waals surface area contributed by atoms with Gasteiger partial charge in [0.15, 0.2) is 0 Å². The third kappa shape index (κ3) is 4.22. The molecule has 0 radical (unpaired) electrons. The molecule has 2 atom stereocenters. The number of hydrogen-bond acceptors (Lipinski definition) is 4. The average Bonchev–Trinajstić information content (AvgIpc) is 3.03. The lowest BCUT2D eigenvalue weighted by Gasteiger charge is -2.21. The number of carbonyl (C=O) groups excluding carboxylic acids is 2. The van der Waals surface area contributed by atoms with Crippen LogP contribution >= 0.6 is 0 Å². The fourth-order valence-electron chi connectivity index (χ4n) is 2.85. The average molecular weight is 320 g/mol. The van der Waals surface area contributed by atoms with Gasteiger partial charge < -0.3 is 9.64 Å². The van der Waals surface area contributed by atoms with Crippen LogP contribution in [-0.2, 0) is 21.0 Å². The Morgan fingerprint density at radius 3 is 2.57 bits per heavy atom. The molecule has 0 spiro atoms. The topological polar surface area (TPSA) is 59.1 Å². The monoisotopic (exact) mass is 320 g/mol. The van der Waals surface area contributed by atoms with E-state index in [1.165, 1.54) is 12.2 Å². The van der Waals surface area contributed by atoms with Crippen molar-refractivity contribution < 1.29 is 19.2 Å². The minimum Gasteiger partial charge on any atom is -0.445 e. The second-order valence-corrected chi connectivity index (χ2v) is 5.74. The van der Waals surface area contributed by atoms with Gasteiger partial charge in [0.2, 0.25) is 0 Å². The smallest absolute Gasteiger partial charge is 0.410 e. The van der Waals surface area contributed by atoms with Crippen LogP contribution in [0.5, 0.6) is 0 Å². The molecule has 0 saturated carbocycles. The Morgan fingerprint density at radius 1 is 1.26 bits per heavy atom. The fraction of sp³-hybridized carbons (Fsp3) is 0.529. The SMILES string of the molecule is CC[C@@H]1CN(C(=O)OCc2ccccc2)C[C@@H]1C(=O)N(C)OC. The van der Waals surface area contributed by atoms with Crippen LogP contribution in [-0.4, -0.2) is 49.2 Å². The first-order valence-electron chi connectivity index (χ1n) is 7.84. The lowest BCUT2D eigenvalue weighted by molar-refractivity contribution is -0.174. The third-order valence-electron chi connectivity index (χ3n) is 4.33. The van der Waals surface area contributed by atoms with Crippen molar-refractivity contribution in [1.82, 2.24) is 9.96 Å². The molecule has 1 saturated heterocycles. The lowest BCUT2D eigenvalue weighted by Crippen LogP contribution is -2.36. The fourth-order valence-corrected chi connectivity index (χ4v) is 2.85. The van der Waals surface area contributed by atoms with Gasteiger partial charge in [-0.25, -0.2) is 9.86 Å². The lowest BCUT2D eigenvalue weighted by atomic mass is 9.93. The zero-order chi connectivity index (χ0) is 16.8. The quantitative estimate of drug-likeness (QED) is 0.781. The number of ether oxygens (including phenoxy) is 1. The van der Waals surface area contributed by atoms with Crippen LogP contribution in [0.25, 0.3) is 0 Å². The highest BCUT2D eigenvalue weighted by Gasteiger charge is 2.40. The van der Waals surface area contributed by atoms with E-state index in [0.717, 1.165) is 12.0 Å². The molecule has 0 bridgehead atoms. The third-order valence-corrected chi connectivity index (χ3v) is 4.33. The molecule has 1 aliphatic rings. The van der Waals surface area contributed by atoms with Gasteiger partial charge in [-0.1, -0.05) is 43.7 Å². The van der Waals surface area contributed by atoms with Crippen molar-refractivity contribution in [2.24, 2.45) is 11.8 Å². The van der Waals surface area contributed by atoms with Crippen LogP contribution in [0.3, 0.4) is 0 Å². The molecule has 0 N–H and O–H groups in total. The van der Waals surface area contributed by atoms with Crippen molar-refractivity contribution in [1.29, 1.82) is 0 Å². The molecule has 0 unspecified atom stereocenters. The zero-order valence-corrected chi connectivity index (χ0v) is 13.9. The predicted octanol–water partition coefficient (Wildman–Crippen LogP) is 2.30. The van der Waals surface area contributed by atoms with Crippen molar-refractivity contribution in [2.75, 3.05) is 27.2 Å². The first-order chi connectivity index (χ1) is 11.1. The molecular weight excluding hydrogens is 296 g/mol. The first kappa shape index (κ1) is 17.3. The highest BCUT2D eigenvalue weighted by molar-refractivity contribution is 5.80. The van der Waals surface area contributed by atoms with Crippen LogP contribution in [0.1, 0.15) is 18.9 Å². The summed E-state index contributed by atoms with van der Waals surface area (Å²) >= 11 is 0. The maximum Gasteiger partial charge on any atom is 0.410 e. The minimum atomic E-state index is -0.373. The van der Waals surface area contributed by atoms with Gasteiger partial charge in [-0.2, -0.15) is 0 Å².